The van der Waals surface area contributed by atoms with Crippen LogP contribution >= 0.6 is 0 Å². The lowest BCUT2D eigenvalue weighted by molar-refractivity contribution is -0.123. The number of carbonyl (C=O) groups is 1. The highest BCUT2D eigenvalue weighted by molar-refractivity contribution is 5.91. The molecule has 0 aliphatic heterocycles. The fraction of sp³-hybridized carbons (Fsp3) is 0.238. The summed E-state index contributed by atoms with van der Waals surface area (Å²) in [7, 11) is 0. The van der Waals surface area contributed by atoms with E-state index >= 15 is 0 Å². The van der Waals surface area contributed by atoms with E-state index in [-0.39, 0.29) is 11.7 Å². The van der Waals surface area contributed by atoms with E-state index in [1.54, 1.807) is 24.7 Å². The van der Waals surface area contributed by atoms with Gasteiger partial charge in [0.15, 0.2) is 0 Å². The SMILES string of the molecule is O=C(NCc1ccccc1Cn1ccnc1)C1(c2ccc(F)cc2)CC1. The number of hydrogen-bond acceptors (Lipinski definition) is 2. The van der Waals surface area contributed by atoms with Crippen molar-refractivity contribution in [2.24, 2.45) is 0 Å². The summed E-state index contributed by atoms with van der Waals surface area (Å²) in [5, 5.41) is 3.08. The smallest absolute Gasteiger partial charge is 0.230 e. The maximum atomic E-state index is 13.2. The van der Waals surface area contributed by atoms with E-state index in [9.17, 15) is 9.18 Å². The van der Waals surface area contributed by atoms with Crippen LogP contribution in [0.2, 0.25) is 0 Å². The van der Waals surface area contributed by atoms with Crippen LogP contribution in [0, 0.1) is 5.82 Å². The monoisotopic (exact) mass is 349 g/mol. The molecule has 0 atom stereocenters. The number of amides is 1. The van der Waals surface area contributed by atoms with E-state index in [4.69, 9.17) is 0 Å². The first kappa shape index (κ1) is 16.5. The first-order valence-electron chi connectivity index (χ1n) is 8.74. The van der Waals surface area contributed by atoms with Crippen molar-refractivity contribution in [2.45, 2.75) is 31.3 Å². The molecule has 1 aliphatic carbocycles. The van der Waals surface area contributed by atoms with Gasteiger partial charge in [-0.1, -0.05) is 36.4 Å². The van der Waals surface area contributed by atoms with Gasteiger partial charge in [-0.2, -0.15) is 0 Å². The normalized spacial score (nSPS) is 14.8. The van der Waals surface area contributed by atoms with Gasteiger partial charge >= 0.3 is 0 Å². The highest BCUT2D eigenvalue weighted by Gasteiger charge is 2.51. The average molecular weight is 349 g/mol. The first-order chi connectivity index (χ1) is 12.7. The molecule has 26 heavy (non-hydrogen) atoms. The second kappa shape index (κ2) is 6.75. The quantitative estimate of drug-likeness (QED) is 0.741. The summed E-state index contributed by atoms with van der Waals surface area (Å²) >= 11 is 0. The number of hydrogen-bond donors (Lipinski definition) is 1. The Hall–Kier alpha value is -2.95. The standard InChI is InChI=1S/C21H20FN3O/c22-19-7-5-18(6-8-19)21(9-10-21)20(26)24-13-16-3-1-2-4-17(16)14-25-12-11-23-15-25/h1-8,11-12,15H,9-10,13-14H2,(H,24,26). The number of nitrogens with zero attached hydrogens (tertiary/aromatic N) is 2. The summed E-state index contributed by atoms with van der Waals surface area (Å²) in [6.07, 6.45) is 7.07. The molecule has 1 heterocycles. The maximum absolute atomic E-state index is 13.2. The molecule has 2 aromatic carbocycles. The number of imidazole rings is 1. The van der Waals surface area contributed by atoms with Gasteiger partial charge in [0.2, 0.25) is 5.91 Å². The van der Waals surface area contributed by atoms with Gasteiger partial charge in [0.05, 0.1) is 11.7 Å². The molecule has 132 valence electrons. The number of halogens is 1. The molecule has 1 aliphatic rings. The van der Waals surface area contributed by atoms with Crippen molar-refractivity contribution in [2.75, 3.05) is 0 Å². The lowest BCUT2D eigenvalue weighted by Crippen LogP contribution is -2.34. The van der Waals surface area contributed by atoms with Gasteiger partial charge < -0.3 is 9.88 Å². The fourth-order valence-electron chi connectivity index (χ4n) is 3.35. The largest absolute Gasteiger partial charge is 0.351 e. The van der Waals surface area contributed by atoms with Gasteiger partial charge in [-0.25, -0.2) is 9.37 Å². The lowest BCUT2D eigenvalue weighted by Gasteiger charge is -2.17. The van der Waals surface area contributed by atoms with E-state index in [0.29, 0.717) is 6.54 Å². The van der Waals surface area contributed by atoms with Gasteiger partial charge in [0.25, 0.3) is 0 Å². The van der Waals surface area contributed by atoms with Crippen LogP contribution in [0.4, 0.5) is 4.39 Å². The van der Waals surface area contributed by atoms with Crippen molar-refractivity contribution in [1.82, 2.24) is 14.9 Å². The summed E-state index contributed by atoms with van der Waals surface area (Å²) in [6, 6.07) is 14.3. The van der Waals surface area contributed by atoms with Crippen LogP contribution in [-0.2, 0) is 23.3 Å². The topological polar surface area (TPSA) is 46.9 Å². The highest BCUT2D eigenvalue weighted by atomic mass is 19.1. The van der Waals surface area contributed by atoms with Gasteiger partial charge in [-0.3, -0.25) is 4.79 Å². The predicted molar refractivity (Wildman–Crippen MR) is 96.9 cm³/mol. The Morgan fingerprint density at radius 1 is 1.12 bits per heavy atom. The van der Waals surface area contributed by atoms with Crippen molar-refractivity contribution >= 4 is 5.91 Å². The molecule has 4 nitrogen and oxygen atoms in total. The molecule has 3 aromatic rings. The van der Waals surface area contributed by atoms with Gasteiger partial charge in [-0.15, -0.1) is 0 Å². The number of benzene rings is 2. The molecule has 1 N–H and O–H groups in total. The first-order valence-corrected chi connectivity index (χ1v) is 8.74. The van der Waals surface area contributed by atoms with Gasteiger partial charge in [0.1, 0.15) is 5.82 Å². The average Bonchev–Trinajstić information content (AvgIpc) is 3.31. The number of aromatic nitrogens is 2. The molecule has 0 unspecified atom stereocenters. The molecule has 0 saturated heterocycles. The molecule has 1 fully saturated rings. The summed E-state index contributed by atoms with van der Waals surface area (Å²) in [5.74, 6) is -0.264. The van der Waals surface area contributed by atoms with Crippen LogP contribution < -0.4 is 5.32 Å². The Morgan fingerprint density at radius 2 is 1.85 bits per heavy atom. The zero-order chi connectivity index (χ0) is 18.0. The second-order valence-electron chi connectivity index (χ2n) is 6.78. The Labute approximate surface area is 151 Å². The molecule has 0 spiro atoms. The third kappa shape index (κ3) is 3.25. The molecule has 5 heteroatoms. The zero-order valence-electron chi connectivity index (χ0n) is 14.4. The van der Waals surface area contributed by atoms with E-state index < -0.39 is 5.41 Å². The number of nitrogens with one attached hydrogen (secondary N) is 1. The highest BCUT2D eigenvalue weighted by Crippen LogP contribution is 2.48. The third-order valence-electron chi connectivity index (χ3n) is 5.05. The van der Waals surface area contributed by atoms with Crippen LogP contribution in [0.5, 0.6) is 0 Å². The van der Waals surface area contributed by atoms with E-state index in [1.807, 2.05) is 29.0 Å². The van der Waals surface area contributed by atoms with Crippen molar-refractivity contribution in [3.05, 3.63) is 89.8 Å². The van der Waals surface area contributed by atoms with Gasteiger partial charge in [-0.05, 0) is 41.7 Å². The Bertz CT molecular complexity index is 899. The third-order valence-corrected chi connectivity index (χ3v) is 5.05. The van der Waals surface area contributed by atoms with Crippen molar-refractivity contribution in [3.8, 4) is 0 Å². The molecular formula is C21H20FN3O. The van der Waals surface area contributed by atoms with Crippen molar-refractivity contribution in [1.29, 1.82) is 0 Å². The summed E-state index contributed by atoms with van der Waals surface area (Å²) in [5.41, 5.74) is 2.64. The van der Waals surface area contributed by atoms with Crippen LogP contribution in [0.25, 0.3) is 0 Å². The number of rotatable bonds is 6. The molecule has 1 aromatic heterocycles. The minimum atomic E-state index is -0.493. The zero-order valence-corrected chi connectivity index (χ0v) is 14.4. The Kier molecular flexibility index (Phi) is 4.29. The molecule has 4 rings (SSSR count). The van der Waals surface area contributed by atoms with Gasteiger partial charge in [0, 0.05) is 25.5 Å². The van der Waals surface area contributed by atoms with E-state index in [0.717, 1.165) is 36.1 Å². The Morgan fingerprint density at radius 3 is 2.50 bits per heavy atom. The van der Waals surface area contributed by atoms with Crippen LogP contribution in [0.15, 0.2) is 67.3 Å². The molecular weight excluding hydrogens is 329 g/mol. The van der Waals surface area contributed by atoms with Crippen molar-refractivity contribution < 1.29 is 9.18 Å². The molecule has 0 radical (unpaired) electrons. The van der Waals surface area contributed by atoms with E-state index in [2.05, 4.69) is 16.4 Å². The Balaban J connectivity index is 1.46. The van der Waals surface area contributed by atoms with Crippen LogP contribution in [0.3, 0.4) is 0 Å². The van der Waals surface area contributed by atoms with Crippen LogP contribution in [0.1, 0.15) is 29.5 Å². The minimum absolute atomic E-state index is 0.0153. The maximum Gasteiger partial charge on any atom is 0.230 e. The second-order valence-corrected chi connectivity index (χ2v) is 6.78. The molecule has 1 amide bonds. The molecule has 1 saturated carbocycles. The molecule has 0 bridgehead atoms. The lowest BCUT2D eigenvalue weighted by atomic mass is 9.94. The minimum Gasteiger partial charge on any atom is -0.351 e. The van der Waals surface area contributed by atoms with E-state index in [1.165, 1.54) is 12.1 Å². The summed E-state index contributed by atoms with van der Waals surface area (Å²) in [4.78, 5) is 16.9. The predicted octanol–water partition coefficient (Wildman–Crippen LogP) is 3.42. The fourth-order valence-corrected chi connectivity index (χ4v) is 3.35. The van der Waals surface area contributed by atoms with Crippen LogP contribution in [-0.4, -0.2) is 15.5 Å². The summed E-state index contributed by atoms with van der Waals surface area (Å²) in [6.45, 7) is 1.20. The summed E-state index contributed by atoms with van der Waals surface area (Å²) < 4.78 is 15.2. The number of carbonyl (C=O) groups excluding carboxylic acids is 1. The van der Waals surface area contributed by atoms with Crippen molar-refractivity contribution in [3.63, 3.8) is 0 Å².